The van der Waals surface area contributed by atoms with Gasteiger partial charge < -0.3 is 10.2 Å². The third kappa shape index (κ3) is 4.52. The molecule has 1 fully saturated rings. The maximum Gasteiger partial charge on any atom is 0.279 e. The van der Waals surface area contributed by atoms with Crippen LogP contribution in [0.1, 0.15) is 25.7 Å². The van der Waals surface area contributed by atoms with Crippen molar-refractivity contribution < 1.29 is 9.69 Å². The van der Waals surface area contributed by atoms with E-state index in [1.807, 2.05) is 0 Å². The van der Waals surface area contributed by atoms with Crippen molar-refractivity contribution in [3.05, 3.63) is 27.2 Å². The lowest BCUT2D eigenvalue weighted by Gasteiger charge is -2.17. The number of amides is 1. The molecule has 1 aliphatic heterocycles. The maximum atomic E-state index is 12.1. The number of rotatable bonds is 3. The molecular formula is C14H18Cl3N2O+. The van der Waals surface area contributed by atoms with E-state index in [-0.39, 0.29) is 5.91 Å². The summed E-state index contributed by atoms with van der Waals surface area (Å²) in [6.45, 7) is 2.56. The number of carbonyl (C=O) groups excluding carboxylic acids is 1. The van der Waals surface area contributed by atoms with Crippen LogP contribution in [0.25, 0.3) is 0 Å². The summed E-state index contributed by atoms with van der Waals surface area (Å²) in [6, 6.07) is 3.15. The monoisotopic (exact) mass is 335 g/mol. The Morgan fingerprint density at radius 2 is 1.60 bits per heavy atom. The van der Waals surface area contributed by atoms with Crippen LogP contribution < -0.4 is 10.2 Å². The number of anilines is 1. The minimum absolute atomic E-state index is 0.0620. The first-order valence-corrected chi connectivity index (χ1v) is 7.97. The number of nitrogens with one attached hydrogen (secondary N) is 2. The summed E-state index contributed by atoms with van der Waals surface area (Å²) in [7, 11) is 0. The predicted octanol–water partition coefficient (Wildman–Crippen LogP) is 3.04. The minimum Gasteiger partial charge on any atom is -0.327 e. The molecule has 0 aromatic heterocycles. The Morgan fingerprint density at radius 3 is 2.15 bits per heavy atom. The van der Waals surface area contributed by atoms with E-state index < -0.39 is 0 Å². The normalized spacial score (nSPS) is 16.8. The number of quaternary nitrogens is 1. The van der Waals surface area contributed by atoms with E-state index in [1.54, 1.807) is 12.1 Å². The zero-order chi connectivity index (χ0) is 14.5. The molecule has 1 aromatic rings. The molecule has 1 aliphatic rings. The van der Waals surface area contributed by atoms with Crippen LogP contribution in [0.2, 0.25) is 15.1 Å². The molecule has 1 aromatic carbocycles. The highest BCUT2D eigenvalue weighted by molar-refractivity contribution is 6.42. The van der Waals surface area contributed by atoms with Crippen LogP contribution in [0, 0.1) is 0 Å². The fourth-order valence-corrected chi connectivity index (χ4v) is 3.39. The number of hydrogen-bond acceptors (Lipinski definition) is 1. The zero-order valence-corrected chi connectivity index (χ0v) is 13.4. The first-order chi connectivity index (χ1) is 9.56. The SMILES string of the molecule is O=C(C[NH+]1CCCCCC1)Nc1c(Cl)cc(Cl)cc1Cl. The molecule has 0 radical (unpaired) electrons. The number of hydrogen-bond donors (Lipinski definition) is 2. The van der Waals surface area contributed by atoms with Crippen molar-refractivity contribution in [1.82, 2.24) is 0 Å². The van der Waals surface area contributed by atoms with Crippen LogP contribution >= 0.6 is 34.8 Å². The van der Waals surface area contributed by atoms with Gasteiger partial charge in [0.05, 0.1) is 28.8 Å². The molecule has 6 heteroatoms. The van der Waals surface area contributed by atoms with Crippen molar-refractivity contribution in [2.75, 3.05) is 25.0 Å². The average molecular weight is 337 g/mol. The highest BCUT2D eigenvalue weighted by Crippen LogP contribution is 2.33. The Balaban J connectivity index is 1.97. The van der Waals surface area contributed by atoms with Crippen molar-refractivity contribution in [2.45, 2.75) is 25.7 Å². The Kier molecular flexibility index (Phi) is 5.97. The Bertz CT molecular complexity index is 462. The topological polar surface area (TPSA) is 33.5 Å². The summed E-state index contributed by atoms with van der Waals surface area (Å²) in [5, 5.41) is 3.97. The summed E-state index contributed by atoms with van der Waals surface area (Å²) in [4.78, 5) is 13.4. The van der Waals surface area contributed by atoms with E-state index in [0.29, 0.717) is 27.3 Å². The van der Waals surface area contributed by atoms with Crippen molar-refractivity contribution in [3.8, 4) is 0 Å². The van der Waals surface area contributed by atoms with Gasteiger partial charge in [-0.3, -0.25) is 4.79 Å². The Labute approximate surface area is 134 Å². The molecule has 0 unspecified atom stereocenters. The third-order valence-corrected chi connectivity index (χ3v) is 4.31. The standard InChI is InChI=1S/C14H17Cl3N2O/c15-10-7-11(16)14(12(17)8-10)18-13(20)9-19-5-3-1-2-4-6-19/h7-8H,1-6,9H2,(H,18,20)/p+1. The van der Waals surface area contributed by atoms with Gasteiger partial charge in [0, 0.05) is 5.02 Å². The van der Waals surface area contributed by atoms with Crippen molar-refractivity contribution in [1.29, 1.82) is 0 Å². The summed E-state index contributed by atoms with van der Waals surface area (Å²) < 4.78 is 0. The molecule has 1 saturated heterocycles. The lowest BCUT2D eigenvalue weighted by Crippen LogP contribution is -3.12. The molecule has 2 rings (SSSR count). The molecular weight excluding hydrogens is 319 g/mol. The van der Waals surface area contributed by atoms with Gasteiger partial charge in [0.15, 0.2) is 6.54 Å². The molecule has 1 heterocycles. The molecule has 0 spiro atoms. The van der Waals surface area contributed by atoms with Crippen LogP contribution in [-0.2, 0) is 4.79 Å². The molecule has 0 bridgehead atoms. The van der Waals surface area contributed by atoms with Crippen LogP contribution in [0.4, 0.5) is 5.69 Å². The molecule has 1 amide bonds. The zero-order valence-electron chi connectivity index (χ0n) is 11.1. The fraction of sp³-hybridized carbons (Fsp3) is 0.500. The number of likely N-dealkylation sites (tertiary alicyclic amines) is 1. The minimum atomic E-state index is -0.0620. The average Bonchev–Trinajstić information content (AvgIpc) is 2.62. The molecule has 0 aliphatic carbocycles. The van der Waals surface area contributed by atoms with Crippen molar-refractivity contribution >= 4 is 46.4 Å². The molecule has 0 saturated carbocycles. The Morgan fingerprint density at radius 1 is 1.05 bits per heavy atom. The Hall–Kier alpha value is -0.480. The van der Waals surface area contributed by atoms with Gasteiger partial charge in [-0.25, -0.2) is 0 Å². The summed E-state index contributed by atoms with van der Waals surface area (Å²) in [5.41, 5.74) is 0.442. The lowest BCUT2D eigenvalue weighted by atomic mass is 10.2. The van der Waals surface area contributed by atoms with Crippen LogP contribution in [0.3, 0.4) is 0 Å². The highest BCUT2D eigenvalue weighted by atomic mass is 35.5. The quantitative estimate of drug-likeness (QED) is 0.874. The number of benzene rings is 1. The van der Waals surface area contributed by atoms with E-state index >= 15 is 0 Å². The fourth-order valence-electron chi connectivity index (χ4n) is 2.48. The largest absolute Gasteiger partial charge is 0.327 e. The van der Waals surface area contributed by atoms with E-state index in [9.17, 15) is 4.79 Å². The second-order valence-electron chi connectivity index (χ2n) is 5.13. The van der Waals surface area contributed by atoms with Gasteiger partial charge in [0.2, 0.25) is 0 Å². The molecule has 20 heavy (non-hydrogen) atoms. The van der Waals surface area contributed by atoms with Crippen LogP contribution in [0.15, 0.2) is 12.1 Å². The predicted molar refractivity (Wildman–Crippen MR) is 84.1 cm³/mol. The first kappa shape index (κ1) is 15.9. The van der Waals surface area contributed by atoms with Gasteiger partial charge in [-0.2, -0.15) is 0 Å². The molecule has 2 N–H and O–H groups in total. The second kappa shape index (κ2) is 7.51. The second-order valence-corrected chi connectivity index (χ2v) is 6.38. The van der Waals surface area contributed by atoms with Crippen LogP contribution in [-0.4, -0.2) is 25.5 Å². The van der Waals surface area contributed by atoms with Gasteiger partial charge in [-0.05, 0) is 37.8 Å². The smallest absolute Gasteiger partial charge is 0.279 e. The van der Waals surface area contributed by atoms with Crippen molar-refractivity contribution in [3.63, 3.8) is 0 Å². The maximum absolute atomic E-state index is 12.1. The molecule has 0 atom stereocenters. The number of halogens is 3. The third-order valence-electron chi connectivity index (χ3n) is 3.49. The van der Waals surface area contributed by atoms with Gasteiger partial charge >= 0.3 is 0 Å². The first-order valence-electron chi connectivity index (χ1n) is 6.84. The van der Waals surface area contributed by atoms with E-state index in [1.165, 1.54) is 30.6 Å². The molecule has 110 valence electrons. The van der Waals surface area contributed by atoms with Gasteiger partial charge in [0.25, 0.3) is 5.91 Å². The summed E-state index contributed by atoms with van der Waals surface area (Å²) >= 11 is 18.0. The van der Waals surface area contributed by atoms with E-state index in [4.69, 9.17) is 34.8 Å². The highest BCUT2D eigenvalue weighted by Gasteiger charge is 2.18. The van der Waals surface area contributed by atoms with Gasteiger partial charge in [-0.1, -0.05) is 34.8 Å². The summed E-state index contributed by atoms with van der Waals surface area (Å²) in [6.07, 6.45) is 4.90. The van der Waals surface area contributed by atoms with E-state index in [2.05, 4.69) is 5.32 Å². The van der Waals surface area contributed by atoms with Crippen molar-refractivity contribution in [2.24, 2.45) is 0 Å². The lowest BCUT2D eigenvalue weighted by molar-refractivity contribution is -0.890. The molecule has 3 nitrogen and oxygen atoms in total. The van der Waals surface area contributed by atoms with Crippen LogP contribution in [0.5, 0.6) is 0 Å². The summed E-state index contributed by atoms with van der Waals surface area (Å²) in [5.74, 6) is -0.0620. The van der Waals surface area contributed by atoms with E-state index in [0.717, 1.165) is 13.1 Å². The van der Waals surface area contributed by atoms with Gasteiger partial charge in [-0.15, -0.1) is 0 Å². The van der Waals surface area contributed by atoms with Gasteiger partial charge in [0.1, 0.15) is 0 Å². The number of carbonyl (C=O) groups is 1.